The van der Waals surface area contributed by atoms with Gasteiger partial charge in [0.1, 0.15) is 23.9 Å². The predicted molar refractivity (Wildman–Crippen MR) is 143 cm³/mol. The molecule has 6 heteroatoms. The maximum Gasteiger partial charge on any atom is 0.530 e. The molecule has 0 saturated carbocycles. The Hall–Kier alpha value is -3.04. The van der Waals surface area contributed by atoms with E-state index in [2.05, 4.69) is 13.8 Å². The largest absolute Gasteiger partial charge is 0.530 e. The molecule has 5 nitrogen and oxygen atoms in total. The van der Waals surface area contributed by atoms with Crippen LogP contribution in [0.15, 0.2) is 65.7 Å². The summed E-state index contributed by atoms with van der Waals surface area (Å²) in [5.41, 5.74) is 4.92. The van der Waals surface area contributed by atoms with Gasteiger partial charge in [0.25, 0.3) is 0 Å². The van der Waals surface area contributed by atoms with Crippen LogP contribution in [0.5, 0.6) is 17.2 Å². The van der Waals surface area contributed by atoms with Gasteiger partial charge in [-0.1, -0.05) is 68.8 Å². The SMILES string of the molecule is CCC(C)[C@H]1COC(c2ccccc2OP(Oc2c(C)cccc2C)Oc2c(C)cccc2C)=N1. The summed E-state index contributed by atoms with van der Waals surface area (Å²) < 4.78 is 25.3. The molecule has 0 fully saturated rings. The molecule has 1 heterocycles. The molecule has 2 atom stereocenters. The quantitative estimate of drug-likeness (QED) is 0.286. The van der Waals surface area contributed by atoms with Crippen LogP contribution in [0.4, 0.5) is 0 Å². The molecule has 0 N–H and O–H groups in total. The molecule has 0 aliphatic carbocycles. The van der Waals surface area contributed by atoms with Crippen LogP contribution >= 0.6 is 8.60 Å². The van der Waals surface area contributed by atoms with E-state index in [1.807, 2.05) is 88.4 Å². The Labute approximate surface area is 210 Å². The number of aryl methyl sites for hydroxylation is 4. The van der Waals surface area contributed by atoms with E-state index in [1.54, 1.807) is 0 Å². The van der Waals surface area contributed by atoms with Crippen molar-refractivity contribution in [2.75, 3.05) is 6.61 Å². The smallest absolute Gasteiger partial charge is 0.475 e. The molecule has 35 heavy (non-hydrogen) atoms. The van der Waals surface area contributed by atoms with Crippen LogP contribution in [0.3, 0.4) is 0 Å². The van der Waals surface area contributed by atoms with E-state index in [4.69, 9.17) is 23.3 Å². The highest BCUT2D eigenvalue weighted by Gasteiger charge is 2.29. The van der Waals surface area contributed by atoms with E-state index in [9.17, 15) is 0 Å². The van der Waals surface area contributed by atoms with Crippen molar-refractivity contribution in [3.63, 3.8) is 0 Å². The van der Waals surface area contributed by atoms with Gasteiger partial charge in [0, 0.05) is 0 Å². The zero-order valence-electron chi connectivity index (χ0n) is 21.4. The molecule has 1 aliphatic heterocycles. The van der Waals surface area contributed by atoms with E-state index < -0.39 is 8.60 Å². The van der Waals surface area contributed by atoms with Crippen LogP contribution in [0.2, 0.25) is 0 Å². The summed E-state index contributed by atoms with van der Waals surface area (Å²) in [6.07, 6.45) is 1.06. The Kier molecular flexibility index (Phi) is 7.97. The fourth-order valence-electron chi connectivity index (χ4n) is 3.99. The van der Waals surface area contributed by atoms with Gasteiger partial charge in [-0.05, 0) is 68.0 Å². The number of hydrogen-bond acceptors (Lipinski definition) is 5. The molecule has 184 valence electrons. The lowest BCUT2D eigenvalue weighted by atomic mass is 10.0. The minimum Gasteiger partial charge on any atom is -0.475 e. The van der Waals surface area contributed by atoms with Gasteiger partial charge in [0.15, 0.2) is 0 Å². The zero-order chi connectivity index (χ0) is 24.9. The summed E-state index contributed by atoms with van der Waals surface area (Å²) in [6.45, 7) is 13.1. The van der Waals surface area contributed by atoms with Gasteiger partial charge in [0.05, 0.1) is 11.6 Å². The van der Waals surface area contributed by atoms with E-state index in [1.165, 1.54) is 0 Å². The van der Waals surface area contributed by atoms with Gasteiger partial charge < -0.3 is 18.3 Å². The first-order valence-corrected chi connectivity index (χ1v) is 13.2. The van der Waals surface area contributed by atoms with Crippen LogP contribution in [-0.4, -0.2) is 18.5 Å². The van der Waals surface area contributed by atoms with Crippen LogP contribution < -0.4 is 13.6 Å². The molecule has 0 spiro atoms. The highest BCUT2D eigenvalue weighted by atomic mass is 31.2. The van der Waals surface area contributed by atoms with Crippen LogP contribution in [0, 0.1) is 33.6 Å². The average molecular weight is 492 g/mol. The summed E-state index contributed by atoms with van der Waals surface area (Å²) >= 11 is 0. The van der Waals surface area contributed by atoms with E-state index in [-0.39, 0.29) is 6.04 Å². The number of benzene rings is 3. The molecular formula is C29H34NO4P. The fourth-order valence-corrected chi connectivity index (χ4v) is 5.30. The molecular weight excluding hydrogens is 457 g/mol. The van der Waals surface area contributed by atoms with Crippen molar-refractivity contribution in [3.8, 4) is 17.2 Å². The average Bonchev–Trinajstić information content (AvgIpc) is 3.34. The number of rotatable bonds is 9. The Morgan fingerprint density at radius 1 is 0.829 bits per heavy atom. The predicted octanol–water partition coefficient (Wildman–Crippen LogP) is 7.88. The second-order valence-corrected chi connectivity index (χ2v) is 10.1. The third-order valence-electron chi connectivity index (χ3n) is 6.41. The van der Waals surface area contributed by atoms with Gasteiger partial charge in [-0.2, -0.15) is 0 Å². The molecule has 1 aliphatic rings. The fraction of sp³-hybridized carbons (Fsp3) is 0.345. The first kappa shape index (κ1) is 25.1. The third kappa shape index (κ3) is 5.79. The summed E-state index contributed by atoms with van der Waals surface area (Å²) in [4.78, 5) is 4.86. The van der Waals surface area contributed by atoms with Gasteiger partial charge in [-0.15, -0.1) is 0 Å². The molecule has 0 radical (unpaired) electrons. The van der Waals surface area contributed by atoms with Crippen molar-refractivity contribution >= 4 is 14.5 Å². The van der Waals surface area contributed by atoms with Crippen LogP contribution in [0.1, 0.15) is 48.1 Å². The van der Waals surface area contributed by atoms with E-state index in [0.29, 0.717) is 24.2 Å². The lowest BCUT2D eigenvalue weighted by molar-refractivity contribution is 0.282. The molecule has 0 saturated heterocycles. The van der Waals surface area contributed by atoms with Crippen molar-refractivity contribution < 1.29 is 18.3 Å². The summed E-state index contributed by atoms with van der Waals surface area (Å²) in [6, 6.07) is 20.1. The summed E-state index contributed by atoms with van der Waals surface area (Å²) in [5.74, 6) is 3.24. The Balaban J connectivity index is 1.68. The van der Waals surface area contributed by atoms with Crippen molar-refractivity contribution in [2.24, 2.45) is 10.9 Å². The maximum absolute atomic E-state index is 6.47. The molecule has 0 bridgehead atoms. The van der Waals surface area contributed by atoms with Gasteiger partial charge in [-0.3, -0.25) is 0 Å². The van der Waals surface area contributed by atoms with Crippen LogP contribution in [-0.2, 0) is 4.74 Å². The number of aliphatic imine (C=N–C) groups is 1. The summed E-state index contributed by atoms with van der Waals surface area (Å²) in [7, 11) is -1.82. The minimum absolute atomic E-state index is 0.154. The number of ether oxygens (including phenoxy) is 1. The Morgan fingerprint density at radius 2 is 1.37 bits per heavy atom. The van der Waals surface area contributed by atoms with Gasteiger partial charge >= 0.3 is 8.60 Å². The molecule has 4 rings (SSSR count). The first-order chi connectivity index (χ1) is 16.9. The number of hydrogen-bond donors (Lipinski definition) is 0. The zero-order valence-corrected chi connectivity index (χ0v) is 22.3. The first-order valence-electron chi connectivity index (χ1n) is 12.1. The standard InChI is InChI=1S/C29H34NO4P/c1-7-19(2)25-18-31-29(30-25)24-16-8-9-17-26(24)32-35(33-27-20(3)12-10-13-21(27)4)34-28-22(5)14-11-15-23(28)6/h8-17,19,25H,7,18H2,1-6H3/t19?,25-/m1/s1. The van der Waals surface area contributed by atoms with Crippen LogP contribution in [0.25, 0.3) is 0 Å². The number of nitrogens with zero attached hydrogens (tertiary/aromatic N) is 1. The highest BCUT2D eigenvalue weighted by molar-refractivity contribution is 7.43. The normalized spacial score (nSPS) is 16.0. The van der Waals surface area contributed by atoms with Crippen molar-refractivity contribution in [3.05, 3.63) is 88.5 Å². The van der Waals surface area contributed by atoms with Crippen molar-refractivity contribution in [2.45, 2.75) is 54.0 Å². The van der Waals surface area contributed by atoms with Gasteiger partial charge in [-0.25, -0.2) is 4.99 Å². The van der Waals surface area contributed by atoms with Crippen molar-refractivity contribution in [1.29, 1.82) is 0 Å². The second kappa shape index (κ2) is 11.1. The molecule has 0 aromatic heterocycles. The Bertz CT molecular complexity index is 1120. The minimum atomic E-state index is -1.82. The lowest BCUT2D eigenvalue weighted by Crippen LogP contribution is -2.16. The van der Waals surface area contributed by atoms with E-state index >= 15 is 0 Å². The van der Waals surface area contributed by atoms with E-state index in [0.717, 1.165) is 45.7 Å². The lowest BCUT2D eigenvalue weighted by Gasteiger charge is -2.22. The number of para-hydroxylation sites is 3. The second-order valence-electron chi connectivity index (χ2n) is 9.13. The third-order valence-corrected chi connectivity index (χ3v) is 7.42. The van der Waals surface area contributed by atoms with Gasteiger partial charge in [0.2, 0.25) is 5.90 Å². The molecule has 1 unspecified atom stereocenters. The monoisotopic (exact) mass is 491 g/mol. The highest BCUT2D eigenvalue weighted by Crippen LogP contribution is 2.46. The molecule has 0 amide bonds. The summed E-state index contributed by atoms with van der Waals surface area (Å²) in [5, 5.41) is 0. The topological polar surface area (TPSA) is 49.3 Å². The molecule has 3 aromatic rings. The van der Waals surface area contributed by atoms with Crippen molar-refractivity contribution in [1.82, 2.24) is 0 Å². The molecule has 3 aromatic carbocycles. The Morgan fingerprint density at radius 3 is 1.91 bits per heavy atom. The maximum atomic E-state index is 6.47.